The Balaban J connectivity index is 2.96. The lowest BCUT2D eigenvalue weighted by atomic mass is 10.2. The number of rotatable bonds is 7. The lowest BCUT2D eigenvalue weighted by Crippen LogP contribution is -2.22. The summed E-state index contributed by atoms with van der Waals surface area (Å²) in [5.74, 6) is 0.465. The fourth-order valence-electron chi connectivity index (χ4n) is 1.86. The van der Waals surface area contributed by atoms with Crippen LogP contribution < -0.4 is 9.47 Å². The van der Waals surface area contributed by atoms with E-state index in [1.165, 1.54) is 7.11 Å². The molecule has 0 aromatic heterocycles. The van der Waals surface area contributed by atoms with Crippen LogP contribution in [0, 0.1) is 3.57 Å². The molecule has 0 aliphatic heterocycles. The molecule has 0 saturated heterocycles. The summed E-state index contributed by atoms with van der Waals surface area (Å²) < 4.78 is 47.5. The fourth-order valence-corrected chi connectivity index (χ4v) is 2.69. The van der Waals surface area contributed by atoms with Gasteiger partial charge in [-0.25, -0.2) is 0 Å². The highest BCUT2D eigenvalue weighted by Crippen LogP contribution is 2.35. The molecule has 0 unspecified atom stereocenters. The van der Waals surface area contributed by atoms with Gasteiger partial charge in [-0.1, -0.05) is 13.8 Å². The number of hydrogen-bond acceptors (Lipinski definition) is 3. The quantitative estimate of drug-likeness (QED) is 0.625. The monoisotopic (exact) mass is 417 g/mol. The second kappa shape index (κ2) is 8.07. The van der Waals surface area contributed by atoms with Gasteiger partial charge in [-0.3, -0.25) is 4.90 Å². The van der Waals surface area contributed by atoms with E-state index in [1.807, 2.05) is 28.7 Å². The first-order chi connectivity index (χ1) is 9.80. The van der Waals surface area contributed by atoms with Gasteiger partial charge in [-0.05, 0) is 53.4 Å². The molecule has 21 heavy (non-hydrogen) atoms. The average molecular weight is 417 g/mol. The molecule has 0 N–H and O–H groups in total. The normalized spacial score (nSPS) is 11.8. The van der Waals surface area contributed by atoms with Gasteiger partial charge in [0.25, 0.3) is 0 Å². The molecule has 0 aliphatic carbocycles. The first-order valence-electron chi connectivity index (χ1n) is 6.59. The molecule has 3 nitrogen and oxygen atoms in total. The first-order valence-corrected chi connectivity index (χ1v) is 7.66. The van der Waals surface area contributed by atoms with Crippen molar-refractivity contribution < 1.29 is 22.6 Å². The van der Waals surface area contributed by atoms with Crippen molar-refractivity contribution in [3.8, 4) is 11.5 Å². The van der Waals surface area contributed by atoms with Crippen LogP contribution in [0.5, 0.6) is 11.5 Å². The second-order valence-corrected chi connectivity index (χ2v) is 5.64. The van der Waals surface area contributed by atoms with E-state index in [-0.39, 0.29) is 5.75 Å². The van der Waals surface area contributed by atoms with Crippen LogP contribution in [0.15, 0.2) is 12.1 Å². The van der Waals surface area contributed by atoms with Crippen LogP contribution in [0.2, 0.25) is 0 Å². The lowest BCUT2D eigenvalue weighted by Gasteiger charge is -2.20. The summed E-state index contributed by atoms with van der Waals surface area (Å²) >= 11 is 1.97. The number of hydrogen-bond donors (Lipinski definition) is 0. The van der Waals surface area contributed by atoms with Gasteiger partial charge < -0.3 is 9.47 Å². The number of ether oxygens (including phenoxy) is 2. The standard InChI is InChI=1S/C14H19F3INO2/c1-4-19(5-2)8-10-6-11(18)13(12(7-10)20-3)21-9-14(15,16)17/h6-7H,4-5,8-9H2,1-3H3. The van der Waals surface area contributed by atoms with E-state index < -0.39 is 12.8 Å². The van der Waals surface area contributed by atoms with Gasteiger partial charge in [0.15, 0.2) is 18.1 Å². The number of nitrogens with zero attached hydrogens (tertiary/aromatic N) is 1. The predicted molar refractivity (Wildman–Crippen MR) is 83.9 cm³/mol. The van der Waals surface area contributed by atoms with Gasteiger partial charge in [0, 0.05) is 6.54 Å². The molecule has 0 amide bonds. The first kappa shape index (κ1) is 18.3. The van der Waals surface area contributed by atoms with Gasteiger partial charge in [0.2, 0.25) is 0 Å². The van der Waals surface area contributed by atoms with Crippen LogP contribution in [-0.2, 0) is 6.54 Å². The molecule has 0 radical (unpaired) electrons. The minimum absolute atomic E-state index is 0.138. The Hall–Kier alpha value is -0.700. The van der Waals surface area contributed by atoms with Gasteiger partial charge in [-0.2, -0.15) is 13.2 Å². The van der Waals surface area contributed by atoms with Crippen molar-refractivity contribution in [1.82, 2.24) is 4.90 Å². The third-order valence-corrected chi connectivity index (χ3v) is 3.77. The van der Waals surface area contributed by atoms with Crippen molar-refractivity contribution in [2.24, 2.45) is 0 Å². The average Bonchev–Trinajstić information content (AvgIpc) is 2.41. The minimum Gasteiger partial charge on any atom is -0.493 e. The van der Waals surface area contributed by atoms with Crippen LogP contribution in [0.3, 0.4) is 0 Å². The molecule has 7 heteroatoms. The van der Waals surface area contributed by atoms with Crippen LogP contribution in [0.4, 0.5) is 13.2 Å². The lowest BCUT2D eigenvalue weighted by molar-refractivity contribution is -0.153. The maximum absolute atomic E-state index is 12.3. The molecule has 0 atom stereocenters. The topological polar surface area (TPSA) is 21.7 Å². The molecule has 120 valence electrons. The van der Waals surface area contributed by atoms with E-state index in [4.69, 9.17) is 9.47 Å². The zero-order valence-corrected chi connectivity index (χ0v) is 14.4. The number of methoxy groups -OCH3 is 1. The summed E-state index contributed by atoms with van der Waals surface area (Å²) in [5.41, 5.74) is 0.985. The van der Waals surface area contributed by atoms with E-state index in [0.717, 1.165) is 25.2 Å². The van der Waals surface area contributed by atoms with Gasteiger partial charge in [0.05, 0.1) is 10.7 Å². The van der Waals surface area contributed by atoms with E-state index in [0.29, 0.717) is 9.32 Å². The van der Waals surface area contributed by atoms with E-state index in [1.54, 1.807) is 6.07 Å². The number of alkyl halides is 3. The molecule has 1 aromatic rings. The van der Waals surface area contributed by atoms with Crippen LogP contribution >= 0.6 is 22.6 Å². The molecular weight excluding hydrogens is 398 g/mol. The second-order valence-electron chi connectivity index (χ2n) is 4.47. The Bertz CT molecular complexity index is 462. The maximum atomic E-state index is 12.3. The van der Waals surface area contributed by atoms with Crippen molar-refractivity contribution in [3.63, 3.8) is 0 Å². The SMILES string of the molecule is CCN(CC)Cc1cc(I)c(OCC(F)(F)F)c(OC)c1. The summed E-state index contributed by atoms with van der Waals surface area (Å²) in [6.07, 6.45) is -4.37. The summed E-state index contributed by atoms with van der Waals surface area (Å²) in [7, 11) is 1.42. The fraction of sp³-hybridized carbons (Fsp3) is 0.571. The smallest absolute Gasteiger partial charge is 0.422 e. The Morgan fingerprint density at radius 3 is 2.29 bits per heavy atom. The zero-order chi connectivity index (χ0) is 16.0. The molecule has 0 fully saturated rings. The highest BCUT2D eigenvalue weighted by Gasteiger charge is 2.29. The van der Waals surface area contributed by atoms with Crippen molar-refractivity contribution in [1.29, 1.82) is 0 Å². The van der Waals surface area contributed by atoms with Gasteiger partial charge in [-0.15, -0.1) is 0 Å². The van der Waals surface area contributed by atoms with E-state index in [9.17, 15) is 13.2 Å². The van der Waals surface area contributed by atoms with E-state index in [2.05, 4.69) is 18.7 Å². The number of benzene rings is 1. The van der Waals surface area contributed by atoms with Crippen molar-refractivity contribution in [3.05, 3.63) is 21.3 Å². The van der Waals surface area contributed by atoms with E-state index >= 15 is 0 Å². The predicted octanol–water partition coefficient (Wildman–Crippen LogP) is 4.08. The molecule has 0 bridgehead atoms. The van der Waals surface area contributed by atoms with Crippen LogP contribution in [0.25, 0.3) is 0 Å². The molecule has 1 aromatic carbocycles. The molecule has 0 heterocycles. The summed E-state index contributed by atoms with van der Waals surface area (Å²) in [5, 5.41) is 0. The van der Waals surface area contributed by atoms with Crippen LogP contribution in [0.1, 0.15) is 19.4 Å². The zero-order valence-electron chi connectivity index (χ0n) is 12.3. The molecule has 0 spiro atoms. The Morgan fingerprint density at radius 1 is 1.19 bits per heavy atom. The van der Waals surface area contributed by atoms with Crippen molar-refractivity contribution in [2.45, 2.75) is 26.6 Å². The molecule has 1 rings (SSSR count). The van der Waals surface area contributed by atoms with Gasteiger partial charge in [0.1, 0.15) is 0 Å². The Kier molecular flexibility index (Phi) is 7.05. The third-order valence-electron chi connectivity index (χ3n) is 2.97. The van der Waals surface area contributed by atoms with Crippen molar-refractivity contribution in [2.75, 3.05) is 26.8 Å². The minimum atomic E-state index is -4.37. The Morgan fingerprint density at radius 2 is 1.81 bits per heavy atom. The summed E-state index contributed by atoms with van der Waals surface area (Å²) in [4.78, 5) is 2.21. The summed E-state index contributed by atoms with van der Waals surface area (Å²) in [6, 6.07) is 3.55. The third kappa shape index (κ3) is 5.90. The maximum Gasteiger partial charge on any atom is 0.422 e. The van der Waals surface area contributed by atoms with Crippen LogP contribution in [-0.4, -0.2) is 37.9 Å². The molecule has 0 aliphatic rings. The molecular formula is C14H19F3INO2. The highest BCUT2D eigenvalue weighted by atomic mass is 127. The highest BCUT2D eigenvalue weighted by molar-refractivity contribution is 14.1. The number of halogens is 4. The molecule has 0 saturated carbocycles. The van der Waals surface area contributed by atoms with Crippen molar-refractivity contribution >= 4 is 22.6 Å². The Labute approximate surface area is 136 Å². The van der Waals surface area contributed by atoms with Gasteiger partial charge >= 0.3 is 6.18 Å². The largest absolute Gasteiger partial charge is 0.493 e. The summed E-state index contributed by atoms with van der Waals surface area (Å²) in [6.45, 7) is 5.33.